The van der Waals surface area contributed by atoms with Crippen LogP contribution in [0.1, 0.15) is 47.5 Å². The lowest BCUT2D eigenvalue weighted by Gasteiger charge is -2.46. The van der Waals surface area contributed by atoms with Crippen molar-refractivity contribution in [2.45, 2.75) is 63.8 Å². The molecule has 1 saturated heterocycles. The highest BCUT2D eigenvalue weighted by molar-refractivity contribution is 7.92. The molecule has 0 aromatic heterocycles. The van der Waals surface area contributed by atoms with Crippen LogP contribution in [0.2, 0.25) is 0 Å². The topological polar surface area (TPSA) is 83.6 Å². The molecule has 0 radical (unpaired) electrons. The smallest absolute Gasteiger partial charge is 0.248 e. The van der Waals surface area contributed by atoms with E-state index in [0.717, 1.165) is 6.26 Å². The Morgan fingerprint density at radius 3 is 2.19 bits per heavy atom. The average Bonchev–Trinajstić information content (AvgIpc) is 2.34. The van der Waals surface area contributed by atoms with Crippen molar-refractivity contribution < 1.29 is 18.0 Å². The van der Waals surface area contributed by atoms with E-state index in [-0.39, 0.29) is 18.4 Å². The number of rotatable bonds is 5. The fourth-order valence-corrected chi connectivity index (χ4v) is 2.74. The molecule has 0 spiro atoms. The number of piperazine rings is 1. The molecule has 1 aliphatic rings. The summed E-state index contributed by atoms with van der Waals surface area (Å²) in [7, 11) is -3.34. The van der Waals surface area contributed by atoms with Crippen LogP contribution in [0.3, 0.4) is 0 Å². The number of nitrogens with zero attached hydrogens (tertiary/aromatic N) is 1. The molecule has 1 aliphatic heterocycles. The van der Waals surface area contributed by atoms with Gasteiger partial charge in [0.1, 0.15) is 11.6 Å². The van der Waals surface area contributed by atoms with Gasteiger partial charge in [-0.1, -0.05) is 13.8 Å². The van der Waals surface area contributed by atoms with Gasteiger partial charge in [-0.3, -0.25) is 9.59 Å². The number of carbonyl (C=O) groups is 2. The minimum atomic E-state index is -3.34. The van der Waals surface area contributed by atoms with E-state index in [1.807, 2.05) is 13.8 Å². The van der Waals surface area contributed by atoms with Crippen LogP contribution in [0.25, 0.3) is 0 Å². The summed E-state index contributed by atoms with van der Waals surface area (Å²) >= 11 is 0. The molecule has 1 heterocycles. The van der Waals surface area contributed by atoms with Gasteiger partial charge in [-0.25, -0.2) is 8.42 Å². The van der Waals surface area contributed by atoms with Crippen molar-refractivity contribution in [1.82, 2.24) is 10.2 Å². The van der Waals surface area contributed by atoms with Gasteiger partial charge in [-0.15, -0.1) is 0 Å². The van der Waals surface area contributed by atoms with E-state index in [1.165, 1.54) is 4.90 Å². The summed E-state index contributed by atoms with van der Waals surface area (Å²) in [6.45, 7) is 8.50. The highest BCUT2D eigenvalue weighted by Gasteiger charge is 2.48. The predicted molar refractivity (Wildman–Crippen MR) is 81.6 cm³/mol. The quantitative estimate of drug-likeness (QED) is 0.809. The van der Waals surface area contributed by atoms with Crippen molar-refractivity contribution in [1.29, 1.82) is 0 Å². The van der Waals surface area contributed by atoms with E-state index in [2.05, 4.69) is 5.32 Å². The van der Waals surface area contributed by atoms with Gasteiger partial charge >= 0.3 is 0 Å². The van der Waals surface area contributed by atoms with E-state index < -0.39 is 26.2 Å². The Morgan fingerprint density at radius 1 is 1.29 bits per heavy atom. The number of nitrogens with one attached hydrogen (secondary N) is 1. The Labute approximate surface area is 127 Å². The summed E-state index contributed by atoms with van der Waals surface area (Å²) < 4.78 is 22.7. The molecule has 0 aromatic carbocycles. The zero-order chi connectivity index (χ0) is 16.6. The van der Waals surface area contributed by atoms with Gasteiger partial charge < -0.3 is 10.2 Å². The Morgan fingerprint density at radius 2 is 1.81 bits per heavy atom. The lowest BCUT2D eigenvalue weighted by Crippen LogP contribution is -2.70. The van der Waals surface area contributed by atoms with Crippen LogP contribution >= 0.6 is 0 Å². The molecule has 21 heavy (non-hydrogen) atoms. The van der Waals surface area contributed by atoms with Crippen LogP contribution in [0.4, 0.5) is 0 Å². The summed E-state index contributed by atoms with van der Waals surface area (Å²) in [5.74, 6) is -0.432. The first kappa shape index (κ1) is 17.9. The van der Waals surface area contributed by atoms with Gasteiger partial charge in [-0.05, 0) is 33.6 Å². The zero-order valence-corrected chi connectivity index (χ0v) is 14.5. The van der Waals surface area contributed by atoms with Crippen molar-refractivity contribution in [3.05, 3.63) is 0 Å². The Hall–Kier alpha value is -1.11. The second kappa shape index (κ2) is 5.59. The molecular formula is C14H26N2O4S. The van der Waals surface area contributed by atoms with Crippen molar-refractivity contribution >= 4 is 21.7 Å². The van der Waals surface area contributed by atoms with Crippen LogP contribution < -0.4 is 5.32 Å². The molecule has 1 N–H and O–H groups in total. The zero-order valence-electron chi connectivity index (χ0n) is 13.7. The highest BCUT2D eigenvalue weighted by atomic mass is 32.2. The summed E-state index contributed by atoms with van der Waals surface area (Å²) in [6.07, 6.45) is 2.07. The van der Waals surface area contributed by atoms with E-state index in [1.54, 1.807) is 20.8 Å². The number of amides is 2. The maximum absolute atomic E-state index is 12.7. The van der Waals surface area contributed by atoms with E-state index in [0.29, 0.717) is 12.8 Å². The summed E-state index contributed by atoms with van der Waals surface area (Å²) in [4.78, 5) is 26.4. The van der Waals surface area contributed by atoms with Crippen LogP contribution in [0, 0.1) is 0 Å². The monoisotopic (exact) mass is 318 g/mol. The number of sulfone groups is 1. The molecular weight excluding hydrogens is 292 g/mol. The van der Waals surface area contributed by atoms with Gasteiger partial charge in [0, 0.05) is 12.8 Å². The minimum absolute atomic E-state index is 0.0200. The fraction of sp³-hybridized carbons (Fsp3) is 0.857. The Bertz CT molecular complexity index is 541. The van der Waals surface area contributed by atoms with Crippen molar-refractivity contribution in [3.8, 4) is 0 Å². The van der Waals surface area contributed by atoms with Gasteiger partial charge in [0.25, 0.3) is 0 Å². The molecule has 0 aliphatic carbocycles. The maximum Gasteiger partial charge on any atom is 0.248 e. The maximum atomic E-state index is 12.7. The second-order valence-electron chi connectivity index (χ2n) is 6.56. The van der Waals surface area contributed by atoms with Crippen molar-refractivity contribution in [2.75, 3.05) is 12.8 Å². The van der Waals surface area contributed by atoms with Gasteiger partial charge in [0.2, 0.25) is 11.8 Å². The van der Waals surface area contributed by atoms with E-state index in [9.17, 15) is 18.0 Å². The standard InChI is InChI=1S/C14H26N2O4S/c1-7-10-11(17)15-14(5,8-2)12(18)16(10)9-13(3,4)21(6,19)20/h10H,7-9H2,1-6H3,(H,15,17). The third kappa shape index (κ3) is 3.22. The largest absolute Gasteiger partial charge is 0.340 e. The number of carbonyl (C=O) groups excluding carboxylic acids is 2. The predicted octanol–water partition coefficient (Wildman–Crippen LogP) is 0.715. The van der Waals surface area contributed by atoms with Gasteiger partial charge in [0.05, 0.1) is 4.75 Å². The SMILES string of the molecule is CCC1C(=O)NC(C)(CC)C(=O)N1CC(C)(C)S(C)(=O)=O. The molecule has 7 heteroatoms. The fourth-order valence-electron chi connectivity index (χ4n) is 2.36. The third-order valence-corrected chi connectivity index (χ3v) is 6.60. The van der Waals surface area contributed by atoms with Crippen LogP contribution in [0.5, 0.6) is 0 Å². The molecule has 6 nitrogen and oxygen atoms in total. The van der Waals surface area contributed by atoms with Crippen LogP contribution in [0.15, 0.2) is 0 Å². The van der Waals surface area contributed by atoms with E-state index in [4.69, 9.17) is 0 Å². The number of hydrogen-bond acceptors (Lipinski definition) is 4. The molecule has 2 amide bonds. The van der Waals surface area contributed by atoms with Crippen LogP contribution in [-0.4, -0.2) is 54.3 Å². The van der Waals surface area contributed by atoms with Gasteiger partial charge in [-0.2, -0.15) is 0 Å². The van der Waals surface area contributed by atoms with Crippen LogP contribution in [-0.2, 0) is 19.4 Å². The molecule has 1 fully saturated rings. The Kier molecular flexibility index (Phi) is 4.77. The molecule has 122 valence electrons. The van der Waals surface area contributed by atoms with E-state index >= 15 is 0 Å². The number of hydrogen-bond donors (Lipinski definition) is 1. The molecule has 2 unspecified atom stereocenters. The lowest BCUT2D eigenvalue weighted by molar-refractivity contribution is -0.155. The molecule has 0 saturated carbocycles. The first-order valence-corrected chi connectivity index (χ1v) is 9.11. The average molecular weight is 318 g/mol. The first-order valence-electron chi connectivity index (χ1n) is 7.22. The first-order chi connectivity index (χ1) is 9.39. The molecule has 2 atom stereocenters. The van der Waals surface area contributed by atoms with Crippen molar-refractivity contribution in [3.63, 3.8) is 0 Å². The summed E-state index contributed by atoms with van der Waals surface area (Å²) in [6, 6.07) is -0.613. The second-order valence-corrected chi connectivity index (χ2v) is 9.21. The summed E-state index contributed by atoms with van der Waals surface area (Å²) in [5.41, 5.74) is -0.962. The normalized spacial score (nSPS) is 27.7. The van der Waals surface area contributed by atoms with Crippen molar-refractivity contribution in [2.24, 2.45) is 0 Å². The Balaban J connectivity index is 3.21. The third-order valence-electron chi connectivity index (χ3n) is 4.46. The van der Waals surface area contributed by atoms with Gasteiger partial charge in [0.15, 0.2) is 9.84 Å². The lowest BCUT2D eigenvalue weighted by atomic mass is 9.90. The minimum Gasteiger partial charge on any atom is -0.340 e. The molecule has 0 bridgehead atoms. The molecule has 0 aromatic rings. The molecule has 1 rings (SSSR count). The summed E-state index contributed by atoms with van der Waals surface area (Å²) in [5, 5.41) is 2.77. The highest BCUT2D eigenvalue weighted by Crippen LogP contribution is 2.27.